The molecule has 176 valence electrons. The molecule has 4 aliphatic rings. The van der Waals surface area contributed by atoms with Crippen LogP contribution in [0.25, 0.3) is 0 Å². The number of ether oxygens (including phenoxy) is 1. The van der Waals surface area contributed by atoms with Crippen LogP contribution in [0.2, 0.25) is 0 Å². The molecule has 2 amide bonds. The number of nitrogens with zero attached hydrogens (tertiary/aromatic N) is 1. The van der Waals surface area contributed by atoms with Gasteiger partial charge in [-0.3, -0.25) is 24.1 Å². The number of hydrogen-bond donors (Lipinski definition) is 1. The maximum absolute atomic E-state index is 13.4. The highest BCUT2D eigenvalue weighted by Gasteiger charge is 2.56. The van der Waals surface area contributed by atoms with Crippen molar-refractivity contribution >= 4 is 39.3 Å². The van der Waals surface area contributed by atoms with Gasteiger partial charge in [-0.2, -0.15) is 0 Å². The Labute approximate surface area is 205 Å². The van der Waals surface area contributed by atoms with E-state index >= 15 is 0 Å². The molecule has 0 radical (unpaired) electrons. The fourth-order valence-electron chi connectivity index (χ4n) is 6.01. The molecule has 1 heterocycles. The van der Waals surface area contributed by atoms with Crippen LogP contribution in [-0.2, 0) is 19.2 Å². The average molecular weight is 526 g/mol. The molecule has 1 fully saturated rings. The summed E-state index contributed by atoms with van der Waals surface area (Å²) in [5.41, 5.74) is 2.24. The monoisotopic (exact) mass is 525 g/mol. The first-order chi connectivity index (χ1) is 16.3. The number of fused-ring (bicyclic) bond motifs is 3. The van der Waals surface area contributed by atoms with Crippen molar-refractivity contribution in [1.82, 2.24) is 4.90 Å². The maximum atomic E-state index is 13.4. The summed E-state index contributed by atoms with van der Waals surface area (Å²) in [6, 6.07) is 4.68. The highest BCUT2D eigenvalue weighted by Crippen LogP contribution is 2.56. The number of halogens is 1. The van der Waals surface area contributed by atoms with Crippen LogP contribution in [0.4, 0.5) is 0 Å². The molecule has 7 nitrogen and oxygen atoms in total. The quantitative estimate of drug-likeness (QED) is 0.366. The molecule has 1 aromatic rings. The first kappa shape index (κ1) is 22.8. The molecule has 1 aliphatic heterocycles. The molecular formula is C26H24BrNO6. The van der Waals surface area contributed by atoms with Crippen LogP contribution in [-0.4, -0.2) is 47.0 Å². The second kappa shape index (κ2) is 8.34. The fourth-order valence-corrected chi connectivity index (χ4v) is 6.46. The number of ketones is 2. The van der Waals surface area contributed by atoms with E-state index in [4.69, 9.17) is 4.74 Å². The molecule has 0 bridgehead atoms. The summed E-state index contributed by atoms with van der Waals surface area (Å²) in [5.74, 6) is -2.51. The fraction of sp³-hybridized carbons (Fsp3) is 0.385. The number of aromatic hydroxyl groups is 1. The number of hydrogen-bond acceptors (Lipinski definition) is 6. The first-order valence-corrected chi connectivity index (χ1v) is 12.2. The minimum absolute atomic E-state index is 0.0142. The molecule has 5 rings (SSSR count). The van der Waals surface area contributed by atoms with Crippen LogP contribution in [0, 0.1) is 17.8 Å². The highest BCUT2D eigenvalue weighted by atomic mass is 79.9. The molecule has 0 spiro atoms. The predicted molar refractivity (Wildman–Crippen MR) is 126 cm³/mol. The van der Waals surface area contributed by atoms with Gasteiger partial charge in [0.2, 0.25) is 11.8 Å². The van der Waals surface area contributed by atoms with Crippen LogP contribution in [0.3, 0.4) is 0 Å². The van der Waals surface area contributed by atoms with E-state index in [0.717, 1.165) is 5.57 Å². The molecular weight excluding hydrogens is 502 g/mol. The van der Waals surface area contributed by atoms with Crippen molar-refractivity contribution in [1.29, 1.82) is 0 Å². The Balaban J connectivity index is 1.70. The molecule has 1 aromatic carbocycles. The van der Waals surface area contributed by atoms with Crippen molar-refractivity contribution in [2.75, 3.05) is 13.7 Å². The summed E-state index contributed by atoms with van der Waals surface area (Å²) >= 11 is 3.22. The van der Waals surface area contributed by atoms with Gasteiger partial charge in [-0.05, 0) is 47.2 Å². The number of phenolic OH excluding ortho intramolecular Hbond substituents is 1. The average Bonchev–Trinajstić information content (AvgIpc) is 3.06. The lowest BCUT2D eigenvalue weighted by Gasteiger charge is -2.42. The molecule has 1 saturated heterocycles. The molecule has 8 heteroatoms. The second-order valence-electron chi connectivity index (χ2n) is 9.15. The lowest BCUT2D eigenvalue weighted by atomic mass is 9.59. The number of rotatable bonds is 4. The summed E-state index contributed by atoms with van der Waals surface area (Å²) in [7, 11) is 1.48. The van der Waals surface area contributed by atoms with Crippen LogP contribution in [0.1, 0.15) is 37.7 Å². The van der Waals surface area contributed by atoms with E-state index in [0.29, 0.717) is 41.8 Å². The van der Waals surface area contributed by atoms with Crippen molar-refractivity contribution in [3.63, 3.8) is 0 Å². The smallest absolute Gasteiger partial charge is 0.233 e. The van der Waals surface area contributed by atoms with Gasteiger partial charge >= 0.3 is 0 Å². The Morgan fingerprint density at radius 2 is 1.91 bits per heavy atom. The SMILES string of the molecule is CCCN1C(=O)[C@H]2[C@H](CC=C3[C@H](c4ccc(O)cc4OC)C4=C(C[C@H]32)C(=O)C(Br)=CC4=O)C1=O. The highest BCUT2D eigenvalue weighted by molar-refractivity contribution is 9.12. The zero-order chi connectivity index (χ0) is 24.3. The Bertz CT molecular complexity index is 1240. The van der Waals surface area contributed by atoms with E-state index in [1.807, 2.05) is 13.0 Å². The Morgan fingerprint density at radius 3 is 2.62 bits per heavy atom. The topological polar surface area (TPSA) is 101 Å². The normalized spacial score (nSPS) is 28.4. The van der Waals surface area contributed by atoms with Gasteiger partial charge in [-0.15, -0.1) is 0 Å². The van der Waals surface area contributed by atoms with Crippen LogP contribution < -0.4 is 4.74 Å². The molecule has 0 unspecified atom stereocenters. The molecule has 34 heavy (non-hydrogen) atoms. The number of likely N-dealkylation sites (tertiary alicyclic amines) is 1. The van der Waals surface area contributed by atoms with E-state index in [-0.39, 0.29) is 46.0 Å². The number of allylic oxidation sites excluding steroid dienone is 6. The Hall–Kier alpha value is -3.00. The van der Waals surface area contributed by atoms with E-state index in [1.54, 1.807) is 6.07 Å². The van der Waals surface area contributed by atoms with Crippen molar-refractivity contribution in [3.05, 3.63) is 57.1 Å². The number of carbonyl (C=O) groups excluding carboxylic acids is 4. The zero-order valence-corrected chi connectivity index (χ0v) is 20.4. The van der Waals surface area contributed by atoms with Crippen molar-refractivity contribution in [2.24, 2.45) is 17.8 Å². The van der Waals surface area contributed by atoms with Crippen molar-refractivity contribution in [3.8, 4) is 11.5 Å². The Kier molecular flexibility index (Phi) is 5.59. The van der Waals surface area contributed by atoms with Gasteiger partial charge in [0.05, 0.1) is 23.4 Å². The molecule has 0 aromatic heterocycles. The Morgan fingerprint density at radius 1 is 1.15 bits per heavy atom. The van der Waals surface area contributed by atoms with Gasteiger partial charge in [0, 0.05) is 41.3 Å². The summed E-state index contributed by atoms with van der Waals surface area (Å²) in [6.07, 6.45) is 4.57. The number of imide groups is 1. The van der Waals surface area contributed by atoms with Gasteiger partial charge in [0.15, 0.2) is 11.6 Å². The number of benzene rings is 1. The summed E-state index contributed by atoms with van der Waals surface area (Å²) in [6.45, 7) is 2.30. The second-order valence-corrected chi connectivity index (χ2v) is 10.0. The minimum Gasteiger partial charge on any atom is -0.508 e. The van der Waals surface area contributed by atoms with Gasteiger partial charge in [-0.1, -0.05) is 24.6 Å². The number of methoxy groups -OCH3 is 1. The van der Waals surface area contributed by atoms with Crippen molar-refractivity contribution < 1.29 is 29.0 Å². The van der Waals surface area contributed by atoms with Gasteiger partial charge in [-0.25, -0.2) is 0 Å². The summed E-state index contributed by atoms with van der Waals surface area (Å²) in [4.78, 5) is 54.2. The summed E-state index contributed by atoms with van der Waals surface area (Å²) in [5, 5.41) is 10.00. The minimum atomic E-state index is -0.610. The number of phenols is 1. The van der Waals surface area contributed by atoms with E-state index < -0.39 is 17.8 Å². The van der Waals surface area contributed by atoms with Crippen LogP contribution in [0.15, 0.2) is 51.6 Å². The third-order valence-electron chi connectivity index (χ3n) is 7.40. The molecule has 4 atom stereocenters. The lowest BCUT2D eigenvalue weighted by molar-refractivity contribution is -0.140. The maximum Gasteiger partial charge on any atom is 0.233 e. The third-order valence-corrected chi connectivity index (χ3v) is 7.99. The summed E-state index contributed by atoms with van der Waals surface area (Å²) < 4.78 is 5.72. The lowest BCUT2D eigenvalue weighted by Crippen LogP contribution is -2.39. The predicted octanol–water partition coefficient (Wildman–Crippen LogP) is 3.57. The van der Waals surface area contributed by atoms with Crippen LogP contribution in [0.5, 0.6) is 11.5 Å². The van der Waals surface area contributed by atoms with E-state index in [2.05, 4.69) is 15.9 Å². The molecule has 3 aliphatic carbocycles. The van der Waals surface area contributed by atoms with Gasteiger partial charge in [0.1, 0.15) is 11.5 Å². The largest absolute Gasteiger partial charge is 0.508 e. The standard InChI is InChI=1S/C26H24BrNO6/c1-3-8-28-25(32)15-7-6-13-16(22(15)26(28)33)10-17-23(19(30)11-18(27)24(17)31)21(13)14-5-4-12(29)9-20(14)34-2/h4-6,9,11,15-16,21-22,29H,3,7-8,10H2,1-2H3/t15-,16+,21+,22-/m0/s1. The number of carbonyl (C=O) groups is 4. The van der Waals surface area contributed by atoms with E-state index in [1.165, 1.54) is 30.2 Å². The van der Waals surface area contributed by atoms with Crippen LogP contribution >= 0.6 is 15.9 Å². The van der Waals surface area contributed by atoms with Gasteiger partial charge < -0.3 is 9.84 Å². The van der Waals surface area contributed by atoms with E-state index in [9.17, 15) is 24.3 Å². The first-order valence-electron chi connectivity index (χ1n) is 11.4. The third kappa shape index (κ3) is 3.22. The van der Waals surface area contributed by atoms with Gasteiger partial charge in [0.25, 0.3) is 0 Å². The number of amides is 2. The molecule has 0 saturated carbocycles. The van der Waals surface area contributed by atoms with Crippen molar-refractivity contribution in [2.45, 2.75) is 32.1 Å². The number of Topliss-reactive ketones (excluding diaryl/α,β-unsaturated/α-hetero) is 1. The zero-order valence-electron chi connectivity index (χ0n) is 18.8. The molecule has 1 N–H and O–H groups in total.